The van der Waals surface area contributed by atoms with Gasteiger partial charge in [0.2, 0.25) is 0 Å². The van der Waals surface area contributed by atoms with Gasteiger partial charge in [-0.2, -0.15) is 0 Å². The molecule has 0 N–H and O–H groups in total. The van der Waals surface area contributed by atoms with E-state index in [0.29, 0.717) is 12.3 Å². The number of rotatable bonds is 2. The molecule has 0 aromatic carbocycles. The monoisotopic (exact) mass is 214 g/mol. The molecule has 1 heterocycles. The maximum atomic E-state index is 5.44. The largest absolute Gasteiger partial charge is 0.385 e. The van der Waals surface area contributed by atoms with Crippen molar-refractivity contribution in [3.05, 3.63) is 0 Å². The Kier molecular flexibility index (Phi) is 3.98. The molecule has 0 amide bonds. The first-order valence-corrected chi connectivity index (χ1v) is 6.19. The summed E-state index contributed by atoms with van der Waals surface area (Å²) >= 11 is 7.41. The normalized spacial score (nSPS) is 18.6. The SMILES string of the molecule is CCN1B(C)SB(C)N(CC)C1=S. The highest BCUT2D eigenvalue weighted by atomic mass is 32.2. The van der Waals surface area contributed by atoms with Crippen LogP contribution in [0.1, 0.15) is 13.8 Å². The van der Waals surface area contributed by atoms with Gasteiger partial charge in [0, 0.05) is 13.1 Å². The fourth-order valence-electron chi connectivity index (χ4n) is 1.69. The highest BCUT2D eigenvalue weighted by Crippen LogP contribution is 2.25. The van der Waals surface area contributed by atoms with Crippen LogP contribution in [0.15, 0.2) is 0 Å². The van der Waals surface area contributed by atoms with Crippen molar-refractivity contribution in [1.29, 1.82) is 0 Å². The third kappa shape index (κ3) is 2.15. The van der Waals surface area contributed by atoms with Gasteiger partial charge in [-0.25, -0.2) is 11.5 Å². The van der Waals surface area contributed by atoms with Crippen LogP contribution >= 0.6 is 23.7 Å². The molecular weight excluding hydrogens is 198 g/mol. The van der Waals surface area contributed by atoms with Gasteiger partial charge in [0.05, 0.1) is 0 Å². The number of hydrogen-bond donors (Lipinski definition) is 0. The second kappa shape index (κ2) is 4.60. The molecule has 0 saturated carbocycles. The van der Waals surface area contributed by atoms with Crippen LogP contribution in [0.5, 0.6) is 0 Å². The van der Waals surface area contributed by atoms with E-state index in [-0.39, 0.29) is 0 Å². The zero-order chi connectivity index (χ0) is 10.0. The van der Waals surface area contributed by atoms with E-state index in [2.05, 4.69) is 37.1 Å². The average Bonchev–Trinajstić information content (AvgIpc) is 2.04. The summed E-state index contributed by atoms with van der Waals surface area (Å²) in [5.41, 5.74) is 0. The molecule has 0 atom stereocenters. The predicted molar refractivity (Wildman–Crippen MR) is 68.2 cm³/mol. The second-order valence-corrected chi connectivity index (χ2v) is 5.19. The molecule has 0 unspecified atom stereocenters. The van der Waals surface area contributed by atoms with Crippen molar-refractivity contribution >= 4 is 41.0 Å². The zero-order valence-electron chi connectivity index (χ0n) is 8.78. The van der Waals surface area contributed by atoms with Gasteiger partial charge < -0.3 is 9.62 Å². The van der Waals surface area contributed by atoms with Crippen molar-refractivity contribution in [3.63, 3.8) is 0 Å². The first kappa shape index (κ1) is 11.2. The summed E-state index contributed by atoms with van der Waals surface area (Å²) in [5, 5.41) is 1.02. The lowest BCUT2D eigenvalue weighted by molar-refractivity contribution is 0.562. The van der Waals surface area contributed by atoms with Gasteiger partial charge in [-0.3, -0.25) is 0 Å². The highest BCUT2D eigenvalue weighted by Gasteiger charge is 2.35. The van der Waals surface area contributed by atoms with Gasteiger partial charge in [-0.1, -0.05) is 13.6 Å². The smallest absolute Gasteiger partial charge is 0.312 e. The standard InChI is InChI=1S/C7H16B2N2S2/c1-5-10-7(12)11(6-2)9(4)13-8(10)3/h5-6H2,1-4H3. The fraction of sp³-hybridized carbons (Fsp3) is 0.857. The summed E-state index contributed by atoms with van der Waals surface area (Å²) in [7, 11) is 0. The third-order valence-electron chi connectivity index (χ3n) is 2.44. The molecule has 0 spiro atoms. The van der Waals surface area contributed by atoms with E-state index in [1.807, 2.05) is 11.5 Å². The lowest BCUT2D eigenvalue weighted by atomic mass is 9.87. The molecule has 0 aromatic heterocycles. The Morgan fingerprint density at radius 3 is 1.85 bits per heavy atom. The minimum atomic E-state index is 0.523. The van der Waals surface area contributed by atoms with Crippen molar-refractivity contribution in [3.8, 4) is 0 Å². The summed E-state index contributed by atoms with van der Waals surface area (Å²) in [5.74, 6) is 0. The summed E-state index contributed by atoms with van der Waals surface area (Å²) in [4.78, 5) is 4.56. The molecule has 6 heteroatoms. The molecule has 1 rings (SSSR count). The molecule has 1 aliphatic heterocycles. The Morgan fingerprint density at radius 2 is 1.54 bits per heavy atom. The maximum absolute atomic E-state index is 5.44. The molecule has 0 radical (unpaired) electrons. The van der Waals surface area contributed by atoms with E-state index in [1.54, 1.807) is 0 Å². The van der Waals surface area contributed by atoms with Crippen molar-refractivity contribution in [2.24, 2.45) is 0 Å². The van der Waals surface area contributed by atoms with E-state index >= 15 is 0 Å². The van der Waals surface area contributed by atoms with Gasteiger partial charge in [0.25, 0.3) is 0 Å². The van der Waals surface area contributed by atoms with Crippen LogP contribution in [0, 0.1) is 0 Å². The molecule has 0 bridgehead atoms. The lowest BCUT2D eigenvalue weighted by Crippen LogP contribution is -2.57. The van der Waals surface area contributed by atoms with E-state index in [9.17, 15) is 0 Å². The van der Waals surface area contributed by atoms with Gasteiger partial charge in [0.1, 0.15) is 5.11 Å². The molecule has 13 heavy (non-hydrogen) atoms. The van der Waals surface area contributed by atoms with Gasteiger partial charge in [-0.05, 0) is 26.1 Å². The molecule has 1 saturated heterocycles. The summed E-state index contributed by atoms with van der Waals surface area (Å²) in [6, 6.07) is 0. The quantitative estimate of drug-likeness (QED) is 0.511. The van der Waals surface area contributed by atoms with Crippen LogP contribution in [0.2, 0.25) is 13.6 Å². The Hall–Kier alpha value is 0.170. The summed E-state index contributed by atoms with van der Waals surface area (Å²) in [6.45, 7) is 10.8. The van der Waals surface area contributed by atoms with Gasteiger partial charge in [-0.15, -0.1) is 0 Å². The van der Waals surface area contributed by atoms with Crippen LogP contribution in [-0.2, 0) is 0 Å². The van der Waals surface area contributed by atoms with Crippen molar-refractivity contribution in [1.82, 2.24) is 9.62 Å². The minimum absolute atomic E-state index is 0.523. The molecule has 1 fully saturated rings. The van der Waals surface area contributed by atoms with Gasteiger partial charge in [0.15, 0.2) is 0 Å². The van der Waals surface area contributed by atoms with Crippen LogP contribution in [0.4, 0.5) is 0 Å². The first-order chi connectivity index (χ1) is 6.11. The Bertz CT molecular complexity index is 185. The van der Waals surface area contributed by atoms with E-state index < -0.39 is 0 Å². The zero-order valence-corrected chi connectivity index (χ0v) is 10.4. The molecular formula is C7H16B2N2S2. The van der Waals surface area contributed by atoms with Crippen LogP contribution in [0.3, 0.4) is 0 Å². The Labute approximate surface area is 91.4 Å². The highest BCUT2D eigenvalue weighted by molar-refractivity contribution is 8.45. The topological polar surface area (TPSA) is 6.48 Å². The van der Waals surface area contributed by atoms with E-state index in [4.69, 9.17) is 12.2 Å². The van der Waals surface area contributed by atoms with E-state index in [0.717, 1.165) is 18.2 Å². The fourth-order valence-corrected chi connectivity index (χ4v) is 3.76. The van der Waals surface area contributed by atoms with Crippen LogP contribution < -0.4 is 0 Å². The number of nitrogens with zero attached hydrogens (tertiary/aromatic N) is 2. The van der Waals surface area contributed by atoms with Crippen molar-refractivity contribution in [2.75, 3.05) is 13.1 Å². The summed E-state index contributed by atoms with van der Waals surface area (Å²) in [6.07, 6.45) is 1.05. The molecule has 0 aliphatic carbocycles. The minimum Gasteiger partial charge on any atom is -0.385 e. The first-order valence-electron chi connectivity index (χ1n) is 4.84. The maximum Gasteiger partial charge on any atom is 0.312 e. The molecule has 2 nitrogen and oxygen atoms in total. The number of hydrogen-bond acceptors (Lipinski definition) is 2. The third-order valence-corrected chi connectivity index (χ3v) is 4.21. The second-order valence-electron chi connectivity index (χ2n) is 3.19. The van der Waals surface area contributed by atoms with Crippen LogP contribution in [-0.4, -0.2) is 40.1 Å². The Balaban J connectivity index is 2.75. The molecule has 1 aliphatic rings. The predicted octanol–water partition coefficient (Wildman–Crippen LogP) is 1.90. The van der Waals surface area contributed by atoms with Gasteiger partial charge >= 0.3 is 12.3 Å². The average molecular weight is 214 g/mol. The van der Waals surface area contributed by atoms with E-state index in [1.165, 1.54) is 0 Å². The molecule has 72 valence electrons. The number of thiocarbonyl (C=S) groups is 1. The van der Waals surface area contributed by atoms with Crippen molar-refractivity contribution in [2.45, 2.75) is 27.5 Å². The van der Waals surface area contributed by atoms with Crippen molar-refractivity contribution < 1.29 is 0 Å². The lowest BCUT2D eigenvalue weighted by Gasteiger charge is -2.43. The summed E-state index contributed by atoms with van der Waals surface area (Å²) < 4.78 is 0. The molecule has 0 aromatic rings. The Morgan fingerprint density at radius 1 is 1.15 bits per heavy atom. The van der Waals surface area contributed by atoms with Crippen LogP contribution in [0.25, 0.3) is 0 Å².